The molecule has 2 saturated heterocycles. The van der Waals surface area contributed by atoms with Crippen molar-refractivity contribution in [2.45, 2.75) is 171 Å². The van der Waals surface area contributed by atoms with Crippen LogP contribution in [0.1, 0.15) is 103 Å². The van der Waals surface area contributed by atoms with Gasteiger partial charge >= 0.3 is 0 Å². The molecule has 12 amide bonds. The summed E-state index contributed by atoms with van der Waals surface area (Å²) in [5.41, 5.74) is 29.5. The molecule has 0 radical (unpaired) electrons. The molecule has 0 aliphatic carbocycles. The highest BCUT2D eigenvalue weighted by Gasteiger charge is 2.42. The molecule has 1 aromatic heterocycles. The first kappa shape index (κ1) is 72.9. The average molecular weight is 1310 g/mol. The third kappa shape index (κ3) is 21.5. The Hall–Kier alpha value is -10.1. The Morgan fingerprint density at radius 2 is 1.33 bits per heavy atom. The molecule has 2 fully saturated rings. The quantitative estimate of drug-likeness (QED) is 0.0156. The van der Waals surface area contributed by atoms with Crippen LogP contribution in [0, 0.1) is 0 Å². The van der Waals surface area contributed by atoms with Gasteiger partial charge in [-0.1, -0.05) is 60.7 Å². The number of hydrogen-bond donors (Lipinski definition) is 16. The number of aromatic amines is 1. The molecule has 94 heavy (non-hydrogen) atoms. The maximum absolute atomic E-state index is 15.2. The van der Waals surface area contributed by atoms with Crippen molar-refractivity contribution in [3.63, 3.8) is 0 Å². The third-order valence-corrected chi connectivity index (χ3v) is 16.3. The minimum absolute atomic E-state index is 0.0136. The van der Waals surface area contributed by atoms with Gasteiger partial charge in [0, 0.05) is 63.0 Å². The van der Waals surface area contributed by atoms with Crippen molar-refractivity contribution in [3.8, 4) is 0 Å². The molecule has 0 unspecified atom stereocenters. The molecular weight excluding hydrogens is 1220 g/mol. The molecule has 4 heterocycles. The fourth-order valence-electron chi connectivity index (χ4n) is 11.3. The number of nitrogens with two attached hydrogens (primary N) is 5. The fourth-order valence-corrected chi connectivity index (χ4v) is 11.3. The number of likely N-dealkylation sites (tertiary alicyclic amines) is 1. The number of carbonyl (C=O) groups is 12. The second kappa shape index (κ2) is 35.6. The fraction of sp³-hybridized carbons (Fsp3) is 0.516. The summed E-state index contributed by atoms with van der Waals surface area (Å²) in [5.74, 6) is -9.58. The number of allylic oxidation sites excluding steroid dienone is 1. The lowest BCUT2D eigenvalue weighted by atomic mass is 10.0. The number of aromatic nitrogens is 1. The highest BCUT2D eigenvalue weighted by molar-refractivity contribution is 6.00. The molecule has 3 aliphatic heterocycles. The van der Waals surface area contributed by atoms with Crippen molar-refractivity contribution < 1.29 is 62.6 Å². The first-order chi connectivity index (χ1) is 44.8. The van der Waals surface area contributed by atoms with Crippen LogP contribution in [0.4, 0.5) is 0 Å². The van der Waals surface area contributed by atoms with Crippen molar-refractivity contribution in [1.29, 1.82) is 0 Å². The normalized spacial score (nSPS) is 21.5. The number of para-hydroxylation sites is 1. The van der Waals surface area contributed by atoms with Gasteiger partial charge in [0.1, 0.15) is 66.5 Å². The third-order valence-electron chi connectivity index (χ3n) is 16.3. The van der Waals surface area contributed by atoms with Crippen molar-refractivity contribution >= 4 is 93.7 Å². The van der Waals surface area contributed by atoms with Crippen LogP contribution in [0.5, 0.6) is 0 Å². The molecule has 32 nitrogen and oxygen atoms in total. The summed E-state index contributed by atoms with van der Waals surface area (Å²) in [4.78, 5) is 182. The van der Waals surface area contributed by atoms with Gasteiger partial charge in [-0.15, -0.1) is 0 Å². The number of benzene rings is 2. The largest absolute Gasteiger partial charge is 0.394 e. The molecule has 6 rings (SSSR count). The molecule has 11 atom stereocenters. The maximum Gasteiger partial charge on any atom is 0.246 e. The summed E-state index contributed by atoms with van der Waals surface area (Å²) in [7, 11) is 0. The highest BCUT2D eigenvalue weighted by Crippen LogP contribution is 2.24. The minimum atomic E-state index is -1.51. The number of aliphatic hydroxyl groups excluding tert-OH is 1. The van der Waals surface area contributed by atoms with Crippen LogP contribution in [-0.2, 0) is 70.4 Å². The van der Waals surface area contributed by atoms with Gasteiger partial charge in [-0.05, 0) is 102 Å². The van der Waals surface area contributed by atoms with E-state index in [1.165, 1.54) is 23.6 Å². The number of amides is 12. The van der Waals surface area contributed by atoms with E-state index < -0.39 is 144 Å². The zero-order valence-corrected chi connectivity index (χ0v) is 53.0. The van der Waals surface area contributed by atoms with Crippen LogP contribution in [0.2, 0.25) is 0 Å². The number of hydrogen-bond acceptors (Lipinski definition) is 15. The molecule has 2 aromatic carbocycles. The van der Waals surface area contributed by atoms with Gasteiger partial charge in [0.15, 0.2) is 11.9 Å². The molecule has 21 N–H and O–H groups in total. The number of H-pyrrole nitrogens is 1. The number of aliphatic hydroxyl groups is 1. The number of nitrogens with one attached hydrogen (secondary N) is 10. The molecule has 3 aliphatic rings. The van der Waals surface area contributed by atoms with E-state index in [-0.39, 0.29) is 102 Å². The average Bonchev–Trinajstić information content (AvgIpc) is 1.66. The zero-order valence-electron chi connectivity index (χ0n) is 53.0. The lowest BCUT2D eigenvalue weighted by Gasteiger charge is -2.31. The van der Waals surface area contributed by atoms with Crippen LogP contribution in [-0.4, -0.2) is 202 Å². The van der Waals surface area contributed by atoms with Crippen molar-refractivity contribution in [3.05, 3.63) is 84.1 Å². The van der Waals surface area contributed by atoms with Crippen molar-refractivity contribution in [2.24, 2.45) is 38.7 Å². The smallest absolute Gasteiger partial charge is 0.246 e. The van der Waals surface area contributed by atoms with Gasteiger partial charge in [-0.25, -0.2) is 0 Å². The molecule has 3 aromatic rings. The highest BCUT2D eigenvalue weighted by atomic mass is 16.3. The van der Waals surface area contributed by atoms with Crippen LogP contribution in [0.25, 0.3) is 10.9 Å². The Morgan fingerprint density at radius 1 is 0.681 bits per heavy atom. The second-order valence-corrected chi connectivity index (χ2v) is 23.5. The Balaban J connectivity index is 1.34. The summed E-state index contributed by atoms with van der Waals surface area (Å²) < 4.78 is 0. The van der Waals surface area contributed by atoms with Crippen LogP contribution < -0.4 is 76.5 Å². The number of primary amides is 1. The Kier molecular flexibility index (Phi) is 27.6. The Morgan fingerprint density at radius 3 is 2.00 bits per heavy atom. The number of nitrogens with zero attached hydrogens (tertiary/aromatic N) is 4. The van der Waals surface area contributed by atoms with E-state index in [1.807, 2.05) is 0 Å². The van der Waals surface area contributed by atoms with Crippen LogP contribution in [0.3, 0.4) is 0 Å². The SMILES string of the molecule is CC(=O)N[C@@H](CO)C(=O)N[C@@H](C)C(=O)N[C@@H](CCCN=C(N)N)C(=O)N[C@@H](Cc1c[nH]c2ccccc12)C(=O)N[C@H]1C/C=C\CC[C@@H](C(=O)N2CCC[C@H]2C(=O)N[C@@H](CCCN=C(N)N)C(N)=O)NC(=O)[C@H](C)NC(=O)[C@@H]2CCCN2C(=O)[C@H](Cc2ccccc2)NC1=O. The molecule has 0 spiro atoms. The topological polar surface area (TPSA) is 510 Å². The van der Waals surface area contributed by atoms with Gasteiger partial charge in [0.2, 0.25) is 70.9 Å². The van der Waals surface area contributed by atoms with E-state index in [2.05, 4.69) is 62.8 Å². The summed E-state index contributed by atoms with van der Waals surface area (Å²) >= 11 is 0. The Bertz CT molecular complexity index is 3300. The zero-order chi connectivity index (χ0) is 68.6. The van der Waals surface area contributed by atoms with E-state index in [0.717, 1.165) is 6.92 Å². The van der Waals surface area contributed by atoms with Gasteiger partial charge in [0.05, 0.1) is 6.61 Å². The van der Waals surface area contributed by atoms with Gasteiger partial charge < -0.3 is 96.4 Å². The number of guanidine groups is 2. The molecule has 0 bridgehead atoms. The van der Waals surface area contributed by atoms with Gasteiger partial charge in [-0.2, -0.15) is 0 Å². The predicted octanol–water partition coefficient (Wildman–Crippen LogP) is -4.32. The minimum Gasteiger partial charge on any atom is -0.394 e. The number of rotatable bonds is 26. The van der Waals surface area contributed by atoms with Crippen LogP contribution >= 0.6 is 0 Å². The van der Waals surface area contributed by atoms with Crippen LogP contribution in [0.15, 0.2) is 82.9 Å². The molecule has 32 heteroatoms. The number of fused-ring (bicyclic) bond motifs is 2. The van der Waals surface area contributed by atoms with E-state index in [4.69, 9.17) is 28.7 Å². The molecule has 510 valence electrons. The monoisotopic (exact) mass is 1310 g/mol. The molecular formula is C62H89N19O13. The lowest BCUT2D eigenvalue weighted by Crippen LogP contribution is -2.60. The summed E-state index contributed by atoms with van der Waals surface area (Å²) in [6.45, 7) is 3.46. The number of aliphatic imine (C=N–C) groups is 2. The first-order valence-corrected chi connectivity index (χ1v) is 31.4. The summed E-state index contributed by atoms with van der Waals surface area (Å²) in [6.07, 6.45) is 5.83. The Labute approximate surface area is 543 Å². The van der Waals surface area contributed by atoms with E-state index >= 15 is 9.59 Å². The summed E-state index contributed by atoms with van der Waals surface area (Å²) in [5, 5.41) is 34.3. The second-order valence-electron chi connectivity index (χ2n) is 23.5. The van der Waals surface area contributed by atoms with E-state index in [0.29, 0.717) is 41.3 Å². The van der Waals surface area contributed by atoms with E-state index in [9.17, 15) is 53.1 Å². The van der Waals surface area contributed by atoms with Crippen molar-refractivity contribution in [1.82, 2.24) is 62.6 Å². The lowest BCUT2D eigenvalue weighted by molar-refractivity contribution is -0.143. The maximum atomic E-state index is 15.2. The molecule has 0 saturated carbocycles. The predicted molar refractivity (Wildman–Crippen MR) is 345 cm³/mol. The van der Waals surface area contributed by atoms with Crippen molar-refractivity contribution in [2.75, 3.05) is 32.8 Å². The summed E-state index contributed by atoms with van der Waals surface area (Å²) in [6, 6.07) is 1.63. The number of carbonyl (C=O) groups excluding carboxylic acids is 12. The van der Waals surface area contributed by atoms with E-state index in [1.54, 1.807) is 72.9 Å². The first-order valence-electron chi connectivity index (χ1n) is 31.4. The standard InChI is InChI=1S/C62H89N19O13/c1-34(71-56(90)47(33-82)73-36(3)83)51(85)75-43(23-13-27-69-62(66)67)53(87)78-45(31-38-32-70-40-19-11-10-18-39(38)40)55(89)76-42-20-8-5-9-21-44(59(93)80-28-15-25-49(80)58(92)74-41(50(63)84)22-12-26-68-61(64)65)77-52(86)35(2)72-57(91)48-24-14-29-81(48)60(94)46(79-54(42)88)30-37-16-6-4-7-17-37/h4-8,10-11,16-19,32,34-35,41-49,70,82H,9,12-15,20-31,33H2,1-3H3,(H2,63,84)(H,71,90)(H,72,91)(H,73,83)(H,74,92)(H,75,85)(H,76,89)(H,77,86)(H,78,87)(H,79,88)(H4,64,65,68)(H4,66,67,69)/b8-5-/t34-,35-,41-,42-,43-,44-,45-,46-,47-,48-,49-/m0/s1. The van der Waals surface area contributed by atoms with Gasteiger partial charge in [-0.3, -0.25) is 67.5 Å². The van der Waals surface area contributed by atoms with Gasteiger partial charge in [0.25, 0.3) is 0 Å².